The number of benzene rings is 1. The highest BCUT2D eigenvalue weighted by Crippen LogP contribution is 2.25. The summed E-state index contributed by atoms with van der Waals surface area (Å²) < 4.78 is 0.787. The van der Waals surface area contributed by atoms with Crippen LogP contribution in [0.2, 0.25) is 0 Å². The van der Waals surface area contributed by atoms with Crippen LogP contribution in [0.4, 0.5) is 17.1 Å². The molecule has 0 bridgehead atoms. The molecule has 1 heterocycles. The number of azo groups is 1. The lowest BCUT2D eigenvalue weighted by Gasteiger charge is -2.11. The van der Waals surface area contributed by atoms with Crippen LogP contribution >= 0.6 is 0 Å². The van der Waals surface area contributed by atoms with E-state index in [-0.39, 0.29) is 0 Å². The highest BCUT2D eigenvalue weighted by molar-refractivity contribution is 5.53. The van der Waals surface area contributed by atoms with E-state index in [0.29, 0.717) is 0 Å². The van der Waals surface area contributed by atoms with Crippen molar-refractivity contribution in [1.29, 1.82) is 0 Å². The monoisotopic (exact) mass is 270 g/mol. The van der Waals surface area contributed by atoms with Crippen LogP contribution in [0.15, 0.2) is 46.9 Å². The number of anilines is 1. The minimum absolute atomic E-state index is 0.744. The Morgan fingerprint density at radius 1 is 0.950 bits per heavy atom. The van der Waals surface area contributed by atoms with Crippen LogP contribution in [-0.4, -0.2) is 14.1 Å². The van der Waals surface area contributed by atoms with Crippen molar-refractivity contribution in [3.63, 3.8) is 0 Å². The molecule has 20 heavy (non-hydrogen) atoms. The van der Waals surface area contributed by atoms with Crippen molar-refractivity contribution < 1.29 is 4.73 Å². The van der Waals surface area contributed by atoms with E-state index in [1.54, 1.807) is 0 Å². The molecule has 0 aliphatic carbocycles. The fraction of sp³-hybridized carbons (Fsp3) is 0.267. The van der Waals surface area contributed by atoms with Crippen molar-refractivity contribution in [2.75, 3.05) is 19.0 Å². The van der Waals surface area contributed by atoms with Crippen LogP contribution in [0.1, 0.15) is 11.1 Å². The summed E-state index contributed by atoms with van der Waals surface area (Å²) in [5.74, 6) is 0. The molecule has 0 aliphatic heterocycles. The maximum Gasteiger partial charge on any atom is 0.185 e. The molecule has 2 rings (SSSR count). The van der Waals surface area contributed by atoms with Gasteiger partial charge in [0.05, 0.1) is 5.69 Å². The molecule has 0 aliphatic rings. The minimum atomic E-state index is 0.744. The molecule has 0 spiro atoms. The van der Waals surface area contributed by atoms with Gasteiger partial charge in [0.1, 0.15) is 5.69 Å². The quantitative estimate of drug-likeness (QED) is 0.487. The summed E-state index contributed by atoms with van der Waals surface area (Å²) in [6, 6.07) is 7.82. The molecule has 5 nitrogen and oxygen atoms in total. The first-order valence-corrected chi connectivity index (χ1v) is 6.36. The Morgan fingerprint density at radius 3 is 2.00 bits per heavy atom. The molecule has 2 aromatic rings. The average molecular weight is 270 g/mol. The van der Waals surface area contributed by atoms with Crippen molar-refractivity contribution in [3.8, 4) is 0 Å². The Balaban J connectivity index is 2.25. The first-order chi connectivity index (χ1) is 9.47. The molecule has 1 aromatic heterocycles. The standard InChI is InChI=1S/C15H18N4O/c1-11-9-19(20)10-12(2)15(11)17-16-13-5-7-14(8-6-13)18(3)4/h5-10H,1-4H3. The van der Waals surface area contributed by atoms with Gasteiger partial charge in [-0.05, 0) is 38.1 Å². The van der Waals surface area contributed by atoms with Gasteiger partial charge in [0.2, 0.25) is 0 Å². The lowest BCUT2D eigenvalue weighted by atomic mass is 10.2. The van der Waals surface area contributed by atoms with Gasteiger partial charge in [0.25, 0.3) is 0 Å². The third kappa shape index (κ3) is 3.12. The highest BCUT2D eigenvalue weighted by atomic mass is 16.5. The van der Waals surface area contributed by atoms with Crippen molar-refractivity contribution in [1.82, 2.24) is 0 Å². The fourth-order valence-corrected chi connectivity index (χ4v) is 1.94. The molecule has 0 N–H and O–H groups in total. The molecular weight excluding hydrogens is 252 g/mol. The molecular formula is C15H18N4O. The number of aryl methyl sites for hydroxylation is 2. The number of hydrogen-bond acceptors (Lipinski definition) is 4. The van der Waals surface area contributed by atoms with Gasteiger partial charge in [-0.15, -0.1) is 5.11 Å². The van der Waals surface area contributed by atoms with Gasteiger partial charge >= 0.3 is 0 Å². The van der Waals surface area contributed by atoms with Crippen molar-refractivity contribution >= 4 is 17.1 Å². The molecule has 0 saturated heterocycles. The van der Waals surface area contributed by atoms with Gasteiger partial charge in [0, 0.05) is 30.9 Å². The molecule has 5 heteroatoms. The van der Waals surface area contributed by atoms with Crippen LogP contribution in [0.25, 0.3) is 0 Å². The SMILES string of the molecule is Cc1c[n+]([O-])cc(C)c1N=Nc1ccc(N(C)C)cc1. The Bertz CT molecular complexity index is 610. The lowest BCUT2D eigenvalue weighted by molar-refractivity contribution is -0.606. The van der Waals surface area contributed by atoms with Crippen LogP contribution in [0.5, 0.6) is 0 Å². The van der Waals surface area contributed by atoms with Gasteiger partial charge in [-0.25, -0.2) is 0 Å². The minimum Gasteiger partial charge on any atom is -0.619 e. The normalized spacial score (nSPS) is 11.0. The van der Waals surface area contributed by atoms with E-state index in [4.69, 9.17) is 0 Å². The Labute approximate surface area is 118 Å². The van der Waals surface area contributed by atoms with Gasteiger partial charge in [-0.2, -0.15) is 9.84 Å². The fourth-order valence-electron chi connectivity index (χ4n) is 1.94. The van der Waals surface area contributed by atoms with E-state index in [1.807, 2.05) is 57.1 Å². The topological polar surface area (TPSA) is 54.9 Å². The van der Waals surface area contributed by atoms with E-state index in [2.05, 4.69) is 10.2 Å². The first kappa shape index (κ1) is 14.0. The predicted octanol–water partition coefficient (Wildman–Crippen LogP) is 3.42. The van der Waals surface area contributed by atoms with Crippen molar-refractivity contribution in [2.45, 2.75) is 13.8 Å². The maximum atomic E-state index is 11.3. The summed E-state index contributed by atoms with van der Waals surface area (Å²) in [5, 5.41) is 19.8. The average Bonchev–Trinajstić information content (AvgIpc) is 2.38. The summed E-state index contributed by atoms with van der Waals surface area (Å²) in [6.07, 6.45) is 2.99. The second kappa shape index (κ2) is 5.69. The summed E-state index contributed by atoms with van der Waals surface area (Å²) in [4.78, 5) is 2.03. The van der Waals surface area contributed by atoms with Crippen LogP contribution in [-0.2, 0) is 0 Å². The van der Waals surface area contributed by atoms with Gasteiger partial charge < -0.3 is 10.1 Å². The molecule has 1 aromatic carbocycles. The predicted molar refractivity (Wildman–Crippen MR) is 79.8 cm³/mol. The van der Waals surface area contributed by atoms with E-state index < -0.39 is 0 Å². The zero-order valence-corrected chi connectivity index (χ0v) is 12.2. The van der Waals surface area contributed by atoms with Gasteiger partial charge in [-0.3, -0.25) is 0 Å². The van der Waals surface area contributed by atoms with E-state index in [0.717, 1.165) is 32.9 Å². The molecule has 104 valence electrons. The number of hydrogen-bond donors (Lipinski definition) is 0. The van der Waals surface area contributed by atoms with Crippen molar-refractivity contribution in [3.05, 3.63) is 53.0 Å². The van der Waals surface area contributed by atoms with Crippen LogP contribution in [0, 0.1) is 19.1 Å². The van der Waals surface area contributed by atoms with E-state index in [1.165, 1.54) is 12.4 Å². The van der Waals surface area contributed by atoms with Gasteiger partial charge in [-0.1, -0.05) is 0 Å². The Kier molecular flexibility index (Phi) is 3.98. The smallest absolute Gasteiger partial charge is 0.185 e. The number of rotatable bonds is 3. The third-order valence-electron chi connectivity index (χ3n) is 3.02. The van der Waals surface area contributed by atoms with Gasteiger partial charge in [0.15, 0.2) is 12.4 Å². The van der Waals surface area contributed by atoms with E-state index in [9.17, 15) is 5.21 Å². The molecule has 0 unspecified atom stereocenters. The van der Waals surface area contributed by atoms with Crippen molar-refractivity contribution in [2.24, 2.45) is 10.2 Å². The highest BCUT2D eigenvalue weighted by Gasteiger charge is 2.06. The molecule has 0 fully saturated rings. The van der Waals surface area contributed by atoms with Crippen LogP contribution < -0.4 is 9.63 Å². The number of aromatic nitrogens is 1. The zero-order valence-electron chi connectivity index (χ0n) is 12.2. The maximum absolute atomic E-state index is 11.3. The molecule has 0 saturated carbocycles. The molecule has 0 atom stereocenters. The Hall–Kier alpha value is -2.43. The molecule has 0 amide bonds. The number of pyridine rings is 1. The number of nitrogens with zero attached hydrogens (tertiary/aromatic N) is 4. The third-order valence-corrected chi connectivity index (χ3v) is 3.02. The second-order valence-corrected chi connectivity index (χ2v) is 4.94. The molecule has 0 radical (unpaired) electrons. The zero-order chi connectivity index (χ0) is 14.7. The first-order valence-electron chi connectivity index (χ1n) is 6.36. The van der Waals surface area contributed by atoms with E-state index >= 15 is 0 Å². The summed E-state index contributed by atoms with van der Waals surface area (Å²) in [5.41, 5.74) is 4.27. The summed E-state index contributed by atoms with van der Waals surface area (Å²) in [6.45, 7) is 3.70. The largest absolute Gasteiger partial charge is 0.619 e. The van der Waals surface area contributed by atoms with Crippen LogP contribution in [0.3, 0.4) is 0 Å². The Morgan fingerprint density at radius 2 is 1.50 bits per heavy atom. The second-order valence-electron chi connectivity index (χ2n) is 4.94. The lowest BCUT2D eigenvalue weighted by Crippen LogP contribution is -2.25. The summed E-state index contributed by atoms with van der Waals surface area (Å²) >= 11 is 0. The summed E-state index contributed by atoms with van der Waals surface area (Å²) in [7, 11) is 3.98.